The van der Waals surface area contributed by atoms with Crippen LogP contribution in [0.1, 0.15) is 5.56 Å². The second-order valence-electron chi connectivity index (χ2n) is 4.02. The van der Waals surface area contributed by atoms with Gasteiger partial charge in [-0.3, -0.25) is 0 Å². The quantitative estimate of drug-likeness (QED) is 0.619. The molecule has 0 amide bonds. The topological polar surface area (TPSA) is 12.0 Å². The highest BCUT2D eigenvalue weighted by Gasteiger charge is 1.99. The maximum absolute atomic E-state index is 6.10. The van der Waals surface area contributed by atoms with E-state index in [1.807, 2.05) is 18.2 Å². The predicted octanol–water partition coefficient (Wildman–Crippen LogP) is 4.85. The zero-order valence-corrected chi connectivity index (χ0v) is 11.9. The molecule has 0 radical (unpaired) electrons. The lowest BCUT2D eigenvalue weighted by atomic mass is 10.2. The van der Waals surface area contributed by atoms with E-state index < -0.39 is 0 Å². The van der Waals surface area contributed by atoms with Crippen LogP contribution in [0.25, 0.3) is 0 Å². The van der Waals surface area contributed by atoms with Gasteiger partial charge in [-0.15, -0.1) is 11.8 Å². The van der Waals surface area contributed by atoms with Crippen LogP contribution >= 0.6 is 23.4 Å². The zero-order chi connectivity index (χ0) is 12.8. The van der Waals surface area contributed by atoms with E-state index in [0.29, 0.717) is 0 Å². The van der Waals surface area contributed by atoms with Crippen molar-refractivity contribution in [3.05, 3.63) is 59.1 Å². The van der Waals surface area contributed by atoms with Gasteiger partial charge in [0.05, 0.1) is 5.02 Å². The van der Waals surface area contributed by atoms with Gasteiger partial charge in [-0.05, 0) is 30.7 Å². The standard InChI is InChI=1S/C15H16ClNS/c1-12-6-2-4-8-14(12)17-10-11-18-15-9-5-3-7-13(15)16/h2-9,17H,10-11H2,1H3. The molecule has 0 bridgehead atoms. The summed E-state index contributed by atoms with van der Waals surface area (Å²) in [6.45, 7) is 3.05. The van der Waals surface area contributed by atoms with E-state index in [2.05, 4.69) is 42.6 Å². The van der Waals surface area contributed by atoms with E-state index in [4.69, 9.17) is 11.6 Å². The molecule has 2 aromatic carbocycles. The van der Waals surface area contributed by atoms with Crippen molar-refractivity contribution in [2.45, 2.75) is 11.8 Å². The normalized spacial score (nSPS) is 10.3. The minimum atomic E-state index is 0.832. The third-order valence-corrected chi connectivity index (χ3v) is 4.17. The van der Waals surface area contributed by atoms with Crippen molar-refractivity contribution >= 4 is 29.1 Å². The van der Waals surface area contributed by atoms with Crippen molar-refractivity contribution in [3.63, 3.8) is 0 Å². The molecule has 0 heterocycles. The summed E-state index contributed by atoms with van der Waals surface area (Å²) < 4.78 is 0. The molecule has 0 spiro atoms. The van der Waals surface area contributed by atoms with Crippen LogP contribution in [0, 0.1) is 6.92 Å². The smallest absolute Gasteiger partial charge is 0.0541 e. The molecule has 0 aliphatic heterocycles. The highest BCUT2D eigenvalue weighted by atomic mass is 35.5. The van der Waals surface area contributed by atoms with Crippen molar-refractivity contribution < 1.29 is 0 Å². The number of aryl methyl sites for hydroxylation is 1. The SMILES string of the molecule is Cc1ccccc1NCCSc1ccccc1Cl. The Balaban J connectivity index is 1.80. The molecule has 0 atom stereocenters. The summed E-state index contributed by atoms with van der Waals surface area (Å²) in [6.07, 6.45) is 0. The van der Waals surface area contributed by atoms with Crippen molar-refractivity contribution in [3.8, 4) is 0 Å². The molecule has 1 nitrogen and oxygen atoms in total. The number of hydrogen-bond donors (Lipinski definition) is 1. The van der Waals surface area contributed by atoms with Gasteiger partial charge in [-0.25, -0.2) is 0 Å². The fourth-order valence-electron chi connectivity index (χ4n) is 1.68. The molecule has 2 aromatic rings. The zero-order valence-electron chi connectivity index (χ0n) is 10.3. The van der Waals surface area contributed by atoms with Crippen LogP contribution in [0.5, 0.6) is 0 Å². The van der Waals surface area contributed by atoms with Crippen LogP contribution < -0.4 is 5.32 Å². The van der Waals surface area contributed by atoms with Gasteiger partial charge in [-0.2, -0.15) is 0 Å². The van der Waals surface area contributed by atoms with E-state index in [1.54, 1.807) is 11.8 Å². The van der Waals surface area contributed by atoms with E-state index in [1.165, 1.54) is 11.3 Å². The fourth-order valence-corrected chi connectivity index (χ4v) is 2.78. The number of anilines is 1. The van der Waals surface area contributed by atoms with E-state index in [-0.39, 0.29) is 0 Å². The molecule has 1 N–H and O–H groups in total. The largest absolute Gasteiger partial charge is 0.384 e. The third kappa shape index (κ3) is 3.69. The molecule has 0 saturated carbocycles. The van der Waals surface area contributed by atoms with Crippen molar-refractivity contribution in [1.29, 1.82) is 0 Å². The second-order valence-corrected chi connectivity index (χ2v) is 5.56. The van der Waals surface area contributed by atoms with Gasteiger partial charge in [0, 0.05) is 22.9 Å². The van der Waals surface area contributed by atoms with Gasteiger partial charge in [0.25, 0.3) is 0 Å². The Morgan fingerprint density at radius 1 is 1.06 bits per heavy atom. The lowest BCUT2D eigenvalue weighted by Crippen LogP contribution is -2.05. The highest BCUT2D eigenvalue weighted by Crippen LogP contribution is 2.26. The summed E-state index contributed by atoms with van der Waals surface area (Å²) in [5, 5.41) is 4.27. The van der Waals surface area contributed by atoms with E-state index >= 15 is 0 Å². The molecule has 2 rings (SSSR count). The van der Waals surface area contributed by atoms with Crippen molar-refractivity contribution in [2.24, 2.45) is 0 Å². The molecule has 3 heteroatoms. The Morgan fingerprint density at radius 2 is 1.78 bits per heavy atom. The van der Waals surface area contributed by atoms with Gasteiger partial charge in [0.2, 0.25) is 0 Å². The number of hydrogen-bond acceptors (Lipinski definition) is 2. The monoisotopic (exact) mass is 277 g/mol. The average molecular weight is 278 g/mol. The summed E-state index contributed by atoms with van der Waals surface area (Å²) in [7, 11) is 0. The van der Waals surface area contributed by atoms with Crippen LogP contribution in [-0.4, -0.2) is 12.3 Å². The van der Waals surface area contributed by atoms with Crippen molar-refractivity contribution in [1.82, 2.24) is 0 Å². The van der Waals surface area contributed by atoms with Gasteiger partial charge >= 0.3 is 0 Å². The Hall–Kier alpha value is -1.12. The molecule has 0 aliphatic rings. The molecular weight excluding hydrogens is 262 g/mol. The van der Waals surface area contributed by atoms with Gasteiger partial charge in [0.1, 0.15) is 0 Å². The molecule has 0 unspecified atom stereocenters. The number of rotatable bonds is 5. The molecule has 0 aromatic heterocycles. The summed E-state index contributed by atoms with van der Waals surface area (Å²) in [4.78, 5) is 1.14. The van der Waals surface area contributed by atoms with Gasteiger partial charge in [-0.1, -0.05) is 41.9 Å². The third-order valence-electron chi connectivity index (χ3n) is 2.66. The van der Waals surface area contributed by atoms with E-state index in [0.717, 1.165) is 22.2 Å². The first-order chi connectivity index (χ1) is 8.77. The number of para-hydroxylation sites is 1. The Bertz CT molecular complexity index is 466. The van der Waals surface area contributed by atoms with Crippen LogP contribution in [0.4, 0.5) is 5.69 Å². The molecule has 94 valence electrons. The summed E-state index contributed by atoms with van der Waals surface area (Å²) in [6, 6.07) is 16.3. The molecule has 0 saturated heterocycles. The molecular formula is C15H16ClNS. The summed E-state index contributed by atoms with van der Waals surface area (Å²) in [5.41, 5.74) is 2.48. The van der Waals surface area contributed by atoms with Crippen LogP contribution in [0.15, 0.2) is 53.4 Å². The Kier molecular flexibility index (Phi) is 4.97. The first-order valence-electron chi connectivity index (χ1n) is 5.94. The highest BCUT2D eigenvalue weighted by molar-refractivity contribution is 7.99. The lowest BCUT2D eigenvalue weighted by molar-refractivity contribution is 1.21. The van der Waals surface area contributed by atoms with Crippen LogP contribution in [0.2, 0.25) is 5.02 Å². The van der Waals surface area contributed by atoms with Crippen LogP contribution in [0.3, 0.4) is 0 Å². The predicted molar refractivity (Wildman–Crippen MR) is 81.8 cm³/mol. The first-order valence-corrected chi connectivity index (χ1v) is 7.30. The van der Waals surface area contributed by atoms with E-state index in [9.17, 15) is 0 Å². The molecule has 18 heavy (non-hydrogen) atoms. The van der Waals surface area contributed by atoms with Crippen LogP contribution in [-0.2, 0) is 0 Å². The fraction of sp³-hybridized carbons (Fsp3) is 0.200. The maximum atomic E-state index is 6.10. The molecule has 0 fully saturated rings. The lowest BCUT2D eigenvalue weighted by Gasteiger charge is -2.09. The Labute approximate surface area is 118 Å². The minimum absolute atomic E-state index is 0.832. The summed E-state index contributed by atoms with van der Waals surface area (Å²) >= 11 is 7.88. The number of halogens is 1. The maximum Gasteiger partial charge on any atom is 0.0541 e. The molecule has 0 aliphatic carbocycles. The first kappa shape index (κ1) is 13.3. The Morgan fingerprint density at radius 3 is 2.56 bits per heavy atom. The minimum Gasteiger partial charge on any atom is -0.384 e. The van der Waals surface area contributed by atoms with Gasteiger partial charge < -0.3 is 5.32 Å². The summed E-state index contributed by atoms with van der Waals surface area (Å²) in [5.74, 6) is 0.998. The number of benzene rings is 2. The average Bonchev–Trinajstić information content (AvgIpc) is 2.38. The second kappa shape index (κ2) is 6.72. The number of nitrogens with one attached hydrogen (secondary N) is 1. The number of thioether (sulfide) groups is 1. The van der Waals surface area contributed by atoms with Gasteiger partial charge in [0.15, 0.2) is 0 Å². The van der Waals surface area contributed by atoms with Crippen molar-refractivity contribution in [2.75, 3.05) is 17.6 Å².